The van der Waals surface area contributed by atoms with Gasteiger partial charge in [-0.2, -0.15) is 11.8 Å². The first-order chi connectivity index (χ1) is 16.0. The van der Waals surface area contributed by atoms with Gasteiger partial charge >= 0.3 is 0 Å². The van der Waals surface area contributed by atoms with Crippen LogP contribution in [0, 0.1) is 0 Å². The summed E-state index contributed by atoms with van der Waals surface area (Å²) in [5.74, 6) is 1.34. The van der Waals surface area contributed by atoms with Crippen molar-refractivity contribution in [3.8, 4) is 0 Å². The maximum absolute atomic E-state index is 13.3. The number of nitrogens with zero attached hydrogens (tertiary/aromatic N) is 1. The first kappa shape index (κ1) is 25.9. The van der Waals surface area contributed by atoms with E-state index in [2.05, 4.69) is 17.4 Å². The molecule has 4 nitrogen and oxygen atoms in total. The van der Waals surface area contributed by atoms with E-state index in [9.17, 15) is 9.59 Å². The Morgan fingerprint density at radius 2 is 1.70 bits per heavy atom. The fraction of sp³-hybridized carbons (Fsp3) is 0.462. The van der Waals surface area contributed by atoms with Crippen molar-refractivity contribution in [2.24, 2.45) is 0 Å². The number of carbonyl (C=O) groups excluding carboxylic acids is 2. The largest absolute Gasteiger partial charge is 0.352 e. The number of halogens is 2. The third-order valence-electron chi connectivity index (χ3n) is 6.08. The van der Waals surface area contributed by atoms with E-state index in [4.69, 9.17) is 23.2 Å². The first-order valence-corrected chi connectivity index (χ1v) is 13.5. The van der Waals surface area contributed by atoms with Crippen LogP contribution in [0.4, 0.5) is 0 Å². The van der Waals surface area contributed by atoms with Crippen molar-refractivity contribution in [2.45, 2.75) is 69.8 Å². The lowest BCUT2D eigenvalue weighted by molar-refractivity contribution is -0.140. The number of thioether (sulfide) groups is 1. The molecule has 0 radical (unpaired) electrons. The third-order valence-corrected chi connectivity index (χ3v) is 7.82. The van der Waals surface area contributed by atoms with Crippen molar-refractivity contribution >= 4 is 46.8 Å². The van der Waals surface area contributed by atoms with Crippen LogP contribution in [0.1, 0.15) is 56.6 Å². The molecule has 3 rings (SSSR count). The van der Waals surface area contributed by atoms with Gasteiger partial charge in [0.05, 0.1) is 0 Å². The topological polar surface area (TPSA) is 49.4 Å². The second kappa shape index (κ2) is 13.3. The highest BCUT2D eigenvalue weighted by atomic mass is 35.5. The molecule has 1 fully saturated rings. The molecule has 1 saturated carbocycles. The summed E-state index contributed by atoms with van der Waals surface area (Å²) in [6.07, 6.45) is 5.84. The Balaban J connectivity index is 1.65. The van der Waals surface area contributed by atoms with Gasteiger partial charge in [-0.3, -0.25) is 9.59 Å². The Hall–Kier alpha value is -1.69. The Morgan fingerprint density at radius 3 is 2.36 bits per heavy atom. The van der Waals surface area contributed by atoms with E-state index < -0.39 is 6.04 Å². The van der Waals surface area contributed by atoms with Crippen molar-refractivity contribution in [3.63, 3.8) is 0 Å². The normalized spacial score (nSPS) is 15.1. The van der Waals surface area contributed by atoms with E-state index in [1.54, 1.807) is 41.8 Å². The zero-order valence-electron chi connectivity index (χ0n) is 19.1. The van der Waals surface area contributed by atoms with Crippen molar-refractivity contribution in [1.82, 2.24) is 10.2 Å². The fourth-order valence-electron chi connectivity index (χ4n) is 4.07. The summed E-state index contributed by atoms with van der Waals surface area (Å²) in [5, 5.41) is 4.15. The number of amides is 2. The minimum absolute atomic E-state index is 0.0714. The Bertz CT molecular complexity index is 900. The SMILES string of the molecule is C[C@H](C(=O)NC1CCCCC1)N(Cc1c(Cl)cccc1Cl)C(=O)CCSCc1ccccc1. The summed E-state index contributed by atoms with van der Waals surface area (Å²) in [7, 11) is 0. The average Bonchev–Trinajstić information content (AvgIpc) is 2.82. The molecular weight excluding hydrogens is 475 g/mol. The Labute approximate surface area is 211 Å². The lowest BCUT2D eigenvalue weighted by Crippen LogP contribution is -2.50. The van der Waals surface area contributed by atoms with Gasteiger partial charge in [-0.15, -0.1) is 0 Å². The van der Waals surface area contributed by atoms with Crippen LogP contribution in [0.2, 0.25) is 10.0 Å². The molecule has 1 N–H and O–H groups in total. The first-order valence-electron chi connectivity index (χ1n) is 11.6. The molecule has 2 aromatic rings. The standard InChI is InChI=1S/C26H32Cl2N2O2S/c1-19(26(32)29-21-11-6-3-7-12-21)30(17-22-23(27)13-8-14-24(22)28)25(31)15-16-33-18-20-9-4-2-5-10-20/h2,4-5,8-10,13-14,19,21H,3,6-7,11-12,15-18H2,1H3,(H,29,32)/t19-/m1/s1. The summed E-state index contributed by atoms with van der Waals surface area (Å²) in [5.41, 5.74) is 1.90. The zero-order valence-corrected chi connectivity index (χ0v) is 21.4. The van der Waals surface area contributed by atoms with E-state index in [1.807, 2.05) is 18.2 Å². The summed E-state index contributed by atoms with van der Waals surface area (Å²) < 4.78 is 0. The Kier molecular flexibility index (Phi) is 10.4. The second-order valence-electron chi connectivity index (χ2n) is 8.53. The van der Waals surface area contributed by atoms with Gasteiger partial charge in [-0.05, 0) is 37.5 Å². The van der Waals surface area contributed by atoms with Gasteiger partial charge in [-0.1, -0.05) is 78.9 Å². The highest BCUT2D eigenvalue weighted by molar-refractivity contribution is 7.98. The molecule has 0 aromatic heterocycles. The molecule has 1 aliphatic carbocycles. The van der Waals surface area contributed by atoms with Gasteiger partial charge in [0.25, 0.3) is 0 Å². The Morgan fingerprint density at radius 1 is 1.03 bits per heavy atom. The molecular formula is C26H32Cl2N2O2S. The van der Waals surface area contributed by atoms with Crippen molar-refractivity contribution < 1.29 is 9.59 Å². The van der Waals surface area contributed by atoms with Crippen LogP contribution in [0.15, 0.2) is 48.5 Å². The highest BCUT2D eigenvalue weighted by Gasteiger charge is 2.28. The summed E-state index contributed by atoms with van der Waals surface area (Å²) in [6, 6.07) is 15.1. The summed E-state index contributed by atoms with van der Waals surface area (Å²) in [6.45, 7) is 2.00. The smallest absolute Gasteiger partial charge is 0.242 e. The van der Waals surface area contributed by atoms with E-state index in [1.165, 1.54) is 12.0 Å². The lowest BCUT2D eigenvalue weighted by Gasteiger charge is -2.31. The molecule has 0 aliphatic heterocycles. The maximum atomic E-state index is 13.3. The van der Waals surface area contributed by atoms with Gasteiger partial charge in [0.2, 0.25) is 11.8 Å². The van der Waals surface area contributed by atoms with Crippen LogP contribution >= 0.6 is 35.0 Å². The second-order valence-corrected chi connectivity index (χ2v) is 10.4. The molecule has 33 heavy (non-hydrogen) atoms. The number of carbonyl (C=O) groups is 2. The van der Waals surface area contributed by atoms with Gasteiger partial charge in [-0.25, -0.2) is 0 Å². The van der Waals surface area contributed by atoms with E-state index in [-0.39, 0.29) is 24.4 Å². The minimum atomic E-state index is -0.606. The number of rotatable bonds is 10. The number of hydrogen-bond donors (Lipinski definition) is 1. The zero-order chi connectivity index (χ0) is 23.6. The summed E-state index contributed by atoms with van der Waals surface area (Å²) in [4.78, 5) is 27.9. The monoisotopic (exact) mass is 506 g/mol. The molecule has 1 aliphatic rings. The van der Waals surface area contributed by atoms with Crippen LogP contribution in [0.3, 0.4) is 0 Å². The highest BCUT2D eigenvalue weighted by Crippen LogP contribution is 2.27. The van der Waals surface area contributed by atoms with Crippen LogP contribution in [-0.2, 0) is 21.9 Å². The van der Waals surface area contributed by atoms with Crippen molar-refractivity contribution in [1.29, 1.82) is 0 Å². The van der Waals surface area contributed by atoms with Crippen LogP contribution < -0.4 is 5.32 Å². The van der Waals surface area contributed by atoms with Gasteiger partial charge < -0.3 is 10.2 Å². The molecule has 0 spiro atoms. The van der Waals surface area contributed by atoms with Crippen LogP contribution in [-0.4, -0.2) is 34.6 Å². The molecule has 178 valence electrons. The van der Waals surface area contributed by atoms with Crippen LogP contribution in [0.25, 0.3) is 0 Å². The molecule has 0 saturated heterocycles. The molecule has 2 amide bonds. The maximum Gasteiger partial charge on any atom is 0.242 e. The van der Waals surface area contributed by atoms with E-state index >= 15 is 0 Å². The van der Waals surface area contributed by atoms with E-state index in [0.717, 1.165) is 31.4 Å². The lowest BCUT2D eigenvalue weighted by atomic mass is 9.95. The van der Waals surface area contributed by atoms with Gasteiger partial charge in [0.1, 0.15) is 6.04 Å². The van der Waals surface area contributed by atoms with Crippen molar-refractivity contribution in [3.05, 3.63) is 69.7 Å². The number of nitrogens with one attached hydrogen (secondary N) is 1. The van der Waals surface area contributed by atoms with Crippen molar-refractivity contribution in [2.75, 3.05) is 5.75 Å². The average molecular weight is 508 g/mol. The van der Waals surface area contributed by atoms with Crippen LogP contribution in [0.5, 0.6) is 0 Å². The molecule has 0 unspecified atom stereocenters. The van der Waals surface area contributed by atoms with E-state index in [0.29, 0.717) is 27.8 Å². The molecule has 0 heterocycles. The fourth-order valence-corrected chi connectivity index (χ4v) is 5.48. The predicted molar refractivity (Wildman–Crippen MR) is 139 cm³/mol. The molecule has 0 bridgehead atoms. The quantitative estimate of drug-likeness (QED) is 0.375. The number of benzene rings is 2. The predicted octanol–water partition coefficient (Wildman–Crippen LogP) is 6.48. The van der Waals surface area contributed by atoms with Gasteiger partial charge in [0, 0.05) is 46.1 Å². The third kappa shape index (κ3) is 7.94. The number of hydrogen-bond acceptors (Lipinski definition) is 3. The molecule has 2 aromatic carbocycles. The molecule has 7 heteroatoms. The summed E-state index contributed by atoms with van der Waals surface area (Å²) >= 11 is 14.5. The molecule has 1 atom stereocenters. The minimum Gasteiger partial charge on any atom is -0.352 e. The van der Waals surface area contributed by atoms with Gasteiger partial charge in [0.15, 0.2) is 0 Å².